The first-order chi connectivity index (χ1) is 13.0. The first-order valence-corrected chi connectivity index (χ1v) is 8.60. The van der Waals surface area contributed by atoms with E-state index in [9.17, 15) is 14.4 Å². The summed E-state index contributed by atoms with van der Waals surface area (Å²) in [7, 11) is 0. The summed E-state index contributed by atoms with van der Waals surface area (Å²) in [6.07, 6.45) is 2.87. The van der Waals surface area contributed by atoms with E-state index < -0.39 is 12.1 Å². The highest BCUT2D eigenvalue weighted by molar-refractivity contribution is 5.95. The number of anilines is 2. The third kappa shape index (κ3) is 6.46. The second-order valence-corrected chi connectivity index (χ2v) is 5.68. The van der Waals surface area contributed by atoms with Crippen molar-refractivity contribution in [1.29, 1.82) is 0 Å². The fourth-order valence-electron chi connectivity index (χ4n) is 2.23. The number of hydrogen-bond acceptors (Lipinski definition) is 5. The number of benzene rings is 1. The monoisotopic (exact) mass is 373 g/mol. The lowest BCUT2D eigenvalue weighted by Gasteiger charge is -2.13. The quantitative estimate of drug-likeness (QED) is 0.656. The first-order valence-electron chi connectivity index (χ1n) is 8.60. The largest absolute Gasteiger partial charge is 0.450 e. The lowest BCUT2D eigenvalue weighted by atomic mass is 10.2. The lowest BCUT2D eigenvalue weighted by Crippen LogP contribution is -2.28. The van der Waals surface area contributed by atoms with E-state index in [1.807, 2.05) is 0 Å². The lowest BCUT2D eigenvalue weighted by molar-refractivity contribution is -0.119. The predicted molar refractivity (Wildman–Crippen MR) is 100 cm³/mol. The van der Waals surface area contributed by atoms with Gasteiger partial charge in [-0.25, -0.2) is 4.79 Å². The molecule has 1 heterocycles. The summed E-state index contributed by atoms with van der Waals surface area (Å²) in [6, 6.07) is 8.10. The third-order valence-electron chi connectivity index (χ3n) is 3.61. The Hall–Kier alpha value is -3.36. The van der Waals surface area contributed by atoms with Crippen LogP contribution in [0, 0.1) is 0 Å². The maximum atomic E-state index is 12.3. The molecule has 3 N–H and O–H groups in total. The van der Waals surface area contributed by atoms with Crippen LogP contribution in [0.15, 0.2) is 42.7 Å². The summed E-state index contributed by atoms with van der Waals surface area (Å²) in [5.74, 6) is -0.485. The van der Waals surface area contributed by atoms with Crippen molar-refractivity contribution in [3.63, 3.8) is 0 Å². The van der Waals surface area contributed by atoms with E-state index >= 15 is 0 Å². The highest BCUT2D eigenvalue weighted by Crippen LogP contribution is 2.17. The maximum absolute atomic E-state index is 12.3. The van der Waals surface area contributed by atoms with Crippen LogP contribution >= 0.6 is 0 Å². The number of carbonyl (C=O) groups excluding carboxylic acids is 3. The van der Waals surface area contributed by atoms with Gasteiger partial charge >= 0.3 is 6.09 Å². The molecule has 0 bridgehead atoms. The minimum atomic E-state index is -0.554. The molecule has 9 heteroatoms. The molecule has 0 aliphatic carbocycles. The fraction of sp³-hybridized carbons (Fsp3) is 0.333. The predicted octanol–water partition coefficient (Wildman–Crippen LogP) is 2.16. The zero-order chi connectivity index (χ0) is 19.6. The number of aromatic nitrogens is 2. The Labute approximate surface area is 157 Å². The van der Waals surface area contributed by atoms with E-state index in [1.54, 1.807) is 61.3 Å². The van der Waals surface area contributed by atoms with Crippen molar-refractivity contribution in [3.05, 3.63) is 42.7 Å². The van der Waals surface area contributed by atoms with E-state index in [0.717, 1.165) is 0 Å². The fourth-order valence-corrected chi connectivity index (χ4v) is 2.23. The van der Waals surface area contributed by atoms with Gasteiger partial charge in [0.25, 0.3) is 0 Å². The molecule has 1 aromatic heterocycles. The highest BCUT2D eigenvalue weighted by atomic mass is 16.5. The number of alkyl carbamates (subject to hydrolysis) is 1. The molecule has 0 saturated heterocycles. The minimum Gasteiger partial charge on any atom is -0.450 e. The zero-order valence-electron chi connectivity index (χ0n) is 15.3. The number of hydrogen-bond donors (Lipinski definition) is 3. The van der Waals surface area contributed by atoms with Crippen molar-refractivity contribution in [2.75, 3.05) is 23.8 Å². The van der Waals surface area contributed by atoms with Gasteiger partial charge in [0.2, 0.25) is 11.8 Å². The van der Waals surface area contributed by atoms with Crippen LogP contribution < -0.4 is 16.0 Å². The molecule has 0 saturated carbocycles. The summed E-state index contributed by atoms with van der Waals surface area (Å²) >= 11 is 0. The average molecular weight is 373 g/mol. The molecule has 2 aromatic rings. The second kappa shape index (κ2) is 9.95. The number of rotatable bonds is 8. The van der Waals surface area contributed by atoms with Crippen molar-refractivity contribution < 1.29 is 19.1 Å². The Bertz CT molecular complexity index is 776. The van der Waals surface area contributed by atoms with E-state index in [2.05, 4.69) is 21.0 Å². The van der Waals surface area contributed by atoms with Crippen molar-refractivity contribution in [1.82, 2.24) is 15.1 Å². The summed E-state index contributed by atoms with van der Waals surface area (Å²) in [6.45, 7) is 3.89. The Balaban J connectivity index is 1.84. The van der Waals surface area contributed by atoms with Crippen LogP contribution in [0.5, 0.6) is 0 Å². The van der Waals surface area contributed by atoms with Crippen LogP contribution in [0.2, 0.25) is 0 Å². The molecular formula is C18H23N5O4. The molecule has 1 atom stereocenters. The van der Waals surface area contributed by atoms with Crippen molar-refractivity contribution >= 4 is 29.3 Å². The summed E-state index contributed by atoms with van der Waals surface area (Å²) in [5.41, 5.74) is 1.10. The molecule has 9 nitrogen and oxygen atoms in total. The molecule has 0 aliphatic heterocycles. The van der Waals surface area contributed by atoms with E-state index in [4.69, 9.17) is 4.74 Å². The van der Waals surface area contributed by atoms with Gasteiger partial charge in [0.05, 0.1) is 6.61 Å². The normalized spacial score (nSPS) is 11.3. The Morgan fingerprint density at radius 3 is 2.59 bits per heavy atom. The molecule has 27 heavy (non-hydrogen) atoms. The van der Waals surface area contributed by atoms with Gasteiger partial charge < -0.3 is 20.7 Å². The van der Waals surface area contributed by atoms with Crippen molar-refractivity contribution in [2.24, 2.45) is 0 Å². The minimum absolute atomic E-state index is 0.103. The summed E-state index contributed by atoms with van der Waals surface area (Å²) in [4.78, 5) is 35.4. The second-order valence-electron chi connectivity index (χ2n) is 5.68. The van der Waals surface area contributed by atoms with Gasteiger partial charge in [-0.1, -0.05) is 6.07 Å². The Morgan fingerprint density at radius 2 is 1.93 bits per heavy atom. The van der Waals surface area contributed by atoms with Gasteiger partial charge in [-0.05, 0) is 38.1 Å². The SMILES string of the molecule is CCOC(=O)NCCC(=O)Nc1cccc(NC(=O)C(C)n2cccn2)c1. The number of ether oxygens (including phenoxy) is 1. The molecule has 3 amide bonds. The van der Waals surface area contributed by atoms with Gasteiger partial charge in [-0.2, -0.15) is 5.10 Å². The standard InChI is InChI=1S/C18H23N5O4/c1-3-27-18(26)19-10-8-16(24)21-14-6-4-7-15(12-14)22-17(25)13(2)23-11-5-9-20-23/h4-7,9,11-13H,3,8,10H2,1-2H3,(H,19,26)(H,21,24)(H,22,25). The van der Waals surface area contributed by atoms with Gasteiger partial charge in [-0.3, -0.25) is 14.3 Å². The summed E-state index contributed by atoms with van der Waals surface area (Å²) in [5, 5.41) is 12.0. The molecular weight excluding hydrogens is 350 g/mol. The Morgan fingerprint density at radius 1 is 1.19 bits per heavy atom. The Kier molecular flexibility index (Phi) is 7.36. The number of nitrogens with zero attached hydrogens (tertiary/aromatic N) is 2. The van der Waals surface area contributed by atoms with E-state index in [0.29, 0.717) is 11.4 Å². The molecule has 0 radical (unpaired) electrons. The van der Waals surface area contributed by atoms with Crippen LogP contribution in [-0.2, 0) is 14.3 Å². The molecule has 144 valence electrons. The van der Waals surface area contributed by atoms with Gasteiger partial charge in [0.15, 0.2) is 0 Å². The molecule has 0 spiro atoms. The van der Waals surface area contributed by atoms with Crippen LogP contribution in [0.25, 0.3) is 0 Å². The molecule has 0 aliphatic rings. The van der Waals surface area contributed by atoms with Crippen molar-refractivity contribution in [3.8, 4) is 0 Å². The molecule has 1 unspecified atom stereocenters. The smallest absolute Gasteiger partial charge is 0.407 e. The zero-order valence-corrected chi connectivity index (χ0v) is 15.3. The maximum Gasteiger partial charge on any atom is 0.407 e. The van der Waals surface area contributed by atoms with Crippen LogP contribution in [0.3, 0.4) is 0 Å². The molecule has 2 rings (SSSR count). The number of amides is 3. The molecule has 0 fully saturated rings. The highest BCUT2D eigenvalue weighted by Gasteiger charge is 2.15. The third-order valence-corrected chi connectivity index (χ3v) is 3.61. The van der Waals surface area contributed by atoms with E-state index in [1.165, 1.54) is 0 Å². The number of carbonyl (C=O) groups is 3. The van der Waals surface area contributed by atoms with E-state index in [-0.39, 0.29) is 31.4 Å². The van der Waals surface area contributed by atoms with Crippen LogP contribution in [0.1, 0.15) is 26.3 Å². The summed E-state index contributed by atoms with van der Waals surface area (Å²) < 4.78 is 6.27. The van der Waals surface area contributed by atoms with Crippen LogP contribution in [-0.4, -0.2) is 40.8 Å². The topological polar surface area (TPSA) is 114 Å². The van der Waals surface area contributed by atoms with Crippen molar-refractivity contribution in [2.45, 2.75) is 26.3 Å². The number of nitrogens with one attached hydrogen (secondary N) is 3. The first kappa shape index (κ1) is 20.0. The molecule has 1 aromatic carbocycles. The van der Waals surface area contributed by atoms with Gasteiger partial charge in [0, 0.05) is 36.7 Å². The van der Waals surface area contributed by atoms with Crippen LogP contribution in [0.4, 0.5) is 16.2 Å². The average Bonchev–Trinajstić information content (AvgIpc) is 3.16. The van der Waals surface area contributed by atoms with Gasteiger partial charge in [-0.15, -0.1) is 0 Å². The van der Waals surface area contributed by atoms with Gasteiger partial charge in [0.1, 0.15) is 6.04 Å².